The van der Waals surface area contributed by atoms with E-state index in [2.05, 4.69) is 100 Å². The number of halogens is 1. The lowest BCUT2D eigenvalue weighted by molar-refractivity contribution is -0.0277. The zero-order chi connectivity index (χ0) is 45.3. The number of nitriles is 1. The van der Waals surface area contributed by atoms with Gasteiger partial charge in [0.15, 0.2) is 0 Å². The van der Waals surface area contributed by atoms with Crippen molar-refractivity contribution in [1.29, 1.82) is 5.26 Å². The summed E-state index contributed by atoms with van der Waals surface area (Å²) in [6, 6.07) is 36.2. The molecule has 3 aliphatic heterocycles. The molecule has 1 N–H and O–H groups in total. The molecule has 2 fully saturated rings. The summed E-state index contributed by atoms with van der Waals surface area (Å²) in [7, 11) is 12.1. The second-order valence-electron chi connectivity index (χ2n) is 18.6. The van der Waals surface area contributed by atoms with E-state index in [0.717, 1.165) is 100 Å². The van der Waals surface area contributed by atoms with Crippen LogP contribution in [0.25, 0.3) is 0 Å². The van der Waals surface area contributed by atoms with Gasteiger partial charge in [-0.05, 0) is 149 Å². The molecule has 3 unspecified atom stereocenters. The Balaban J connectivity index is 0.000000144. The molecule has 4 aliphatic rings. The molecule has 0 amide bonds. The van der Waals surface area contributed by atoms with Gasteiger partial charge in [-0.3, -0.25) is 0 Å². The summed E-state index contributed by atoms with van der Waals surface area (Å²) in [5.74, 6) is 1.97. The van der Waals surface area contributed by atoms with Crippen LogP contribution in [0, 0.1) is 17.1 Å². The zero-order valence-corrected chi connectivity index (χ0v) is 38.8. The minimum absolute atomic E-state index is 0.170. The topological polar surface area (TPSA) is 88.3 Å². The number of nitrogens with zero attached hydrogens (tertiary/aromatic N) is 6. The van der Waals surface area contributed by atoms with Gasteiger partial charge in [0.25, 0.3) is 0 Å². The predicted octanol–water partition coefficient (Wildman–Crippen LogP) is 9.33. The van der Waals surface area contributed by atoms with Gasteiger partial charge in [-0.15, -0.1) is 0 Å². The lowest BCUT2D eigenvalue weighted by Gasteiger charge is -2.41. The summed E-state index contributed by atoms with van der Waals surface area (Å²) in [4.78, 5) is 13.9. The Kier molecular flexibility index (Phi) is 15.5. The Bertz CT molecular complexity index is 2320. The summed E-state index contributed by atoms with van der Waals surface area (Å²) in [5.41, 5.74) is 8.10. The average molecular weight is 867 g/mol. The van der Waals surface area contributed by atoms with Crippen LogP contribution in [0.15, 0.2) is 109 Å². The highest BCUT2D eigenvalue weighted by molar-refractivity contribution is 5.56. The van der Waals surface area contributed by atoms with E-state index in [1.807, 2.05) is 50.6 Å². The summed E-state index contributed by atoms with van der Waals surface area (Å²) >= 11 is 0. The Labute approximate surface area is 381 Å². The second-order valence-corrected chi connectivity index (χ2v) is 18.6. The number of rotatable bonds is 10. The average Bonchev–Trinajstić information content (AvgIpc) is 3.60. The summed E-state index contributed by atoms with van der Waals surface area (Å²) < 4.78 is 24.9. The monoisotopic (exact) mass is 867 g/mol. The van der Waals surface area contributed by atoms with E-state index >= 15 is 0 Å². The van der Waals surface area contributed by atoms with Crippen molar-refractivity contribution >= 4 is 5.82 Å². The number of anilines is 1. The molecule has 9 nitrogen and oxygen atoms in total. The molecule has 9 rings (SSSR count). The summed E-state index contributed by atoms with van der Waals surface area (Å²) in [5, 5.41) is 20.2. The Hall–Kier alpha value is -5.15. The van der Waals surface area contributed by atoms with Gasteiger partial charge in [0, 0.05) is 44.7 Å². The second kappa shape index (κ2) is 21.2. The van der Waals surface area contributed by atoms with Crippen LogP contribution in [0.3, 0.4) is 0 Å². The molecule has 0 radical (unpaired) electrons. The van der Waals surface area contributed by atoms with Gasteiger partial charge in [0.05, 0.1) is 37.0 Å². The van der Waals surface area contributed by atoms with E-state index < -0.39 is 11.2 Å². The van der Waals surface area contributed by atoms with E-state index in [0.29, 0.717) is 18.2 Å². The molecule has 4 heterocycles. The number of fused-ring (bicyclic) bond motifs is 6. The van der Waals surface area contributed by atoms with Crippen molar-refractivity contribution in [1.82, 2.24) is 19.7 Å². The highest BCUT2D eigenvalue weighted by Gasteiger charge is 2.42. The Morgan fingerprint density at radius 2 is 1.62 bits per heavy atom. The smallest absolute Gasteiger partial charge is 0.132 e. The quantitative estimate of drug-likeness (QED) is 0.148. The zero-order valence-electron chi connectivity index (χ0n) is 38.8. The maximum absolute atomic E-state index is 13.4. The van der Waals surface area contributed by atoms with E-state index in [1.54, 1.807) is 19.2 Å². The standard InChI is InChI=1S/C20H21FN2O.C17H19N3.C17H27NO2/c1-23(2)11-3-10-20(17-5-7-18(21)8-6-17)19-9-4-15(13-22)12-16(19)14-24-20;1-19-9-10-20-16(12-19)15-7-3-2-5-13(15)11-14-6-4-8-18-17(14)20;1-18(2)13-16(17(19)11-5-4-6-12-17)14-7-9-15(20-3)10-8-14/h4-9,12H,3,10-11,14H2,1-2H3;2-8,16H,9-12H2,1H3;7-10,16,19H,4-6,11-13H2,1-3H3. The molecular formula is C54H67FN6O3. The van der Waals surface area contributed by atoms with Gasteiger partial charge < -0.3 is 34.2 Å². The Morgan fingerprint density at radius 3 is 2.33 bits per heavy atom. The molecule has 1 saturated carbocycles. The number of piperazine rings is 1. The summed E-state index contributed by atoms with van der Waals surface area (Å²) in [6.45, 7) is 5.55. The highest BCUT2D eigenvalue weighted by atomic mass is 19.1. The van der Waals surface area contributed by atoms with Crippen LogP contribution in [-0.4, -0.2) is 105 Å². The van der Waals surface area contributed by atoms with Crippen LogP contribution >= 0.6 is 0 Å². The van der Waals surface area contributed by atoms with Gasteiger partial charge in [0.1, 0.15) is 23.0 Å². The van der Waals surface area contributed by atoms with Crippen LogP contribution in [-0.2, 0) is 23.4 Å². The van der Waals surface area contributed by atoms with Gasteiger partial charge in [-0.25, -0.2) is 9.37 Å². The first-order valence-corrected chi connectivity index (χ1v) is 23.0. The first-order chi connectivity index (χ1) is 30.9. The molecule has 1 saturated heterocycles. The number of hydrogen-bond acceptors (Lipinski definition) is 9. The van der Waals surface area contributed by atoms with Crippen LogP contribution in [0.4, 0.5) is 10.2 Å². The molecule has 10 heteroatoms. The molecular weight excluding hydrogens is 800 g/mol. The predicted molar refractivity (Wildman–Crippen MR) is 254 cm³/mol. The highest BCUT2D eigenvalue weighted by Crippen LogP contribution is 2.46. The van der Waals surface area contributed by atoms with Crippen molar-refractivity contribution in [3.63, 3.8) is 0 Å². The van der Waals surface area contributed by atoms with Gasteiger partial charge in [-0.1, -0.05) is 79.9 Å². The number of ether oxygens (including phenoxy) is 2. The normalized spacial score (nSPS) is 20.2. The van der Waals surface area contributed by atoms with Crippen LogP contribution in [0.5, 0.6) is 5.75 Å². The third kappa shape index (κ3) is 10.8. The van der Waals surface area contributed by atoms with Crippen LogP contribution in [0.1, 0.15) is 101 Å². The van der Waals surface area contributed by atoms with Crippen LogP contribution in [0.2, 0.25) is 0 Å². The van der Waals surface area contributed by atoms with Crippen molar-refractivity contribution in [2.24, 2.45) is 0 Å². The number of methoxy groups -OCH3 is 1. The fourth-order valence-corrected chi connectivity index (χ4v) is 10.2. The fraction of sp³-hybridized carbons (Fsp3) is 0.444. The molecule has 3 atom stereocenters. The number of pyridine rings is 1. The third-order valence-electron chi connectivity index (χ3n) is 13.5. The van der Waals surface area contributed by atoms with Gasteiger partial charge in [0.2, 0.25) is 0 Å². The number of likely N-dealkylation sites (N-methyl/N-ethyl adjacent to an activating group) is 2. The molecule has 4 aromatic carbocycles. The first kappa shape index (κ1) is 46.8. The minimum Gasteiger partial charge on any atom is -0.497 e. The van der Waals surface area contributed by atoms with E-state index in [4.69, 9.17) is 14.7 Å². The number of aromatic nitrogens is 1. The molecule has 1 aromatic heterocycles. The van der Waals surface area contributed by atoms with Crippen molar-refractivity contribution in [3.05, 3.63) is 160 Å². The fourth-order valence-electron chi connectivity index (χ4n) is 10.2. The number of benzene rings is 4. The first-order valence-electron chi connectivity index (χ1n) is 23.0. The third-order valence-corrected chi connectivity index (χ3v) is 13.5. The number of aliphatic hydroxyl groups is 1. The largest absolute Gasteiger partial charge is 0.497 e. The van der Waals surface area contributed by atoms with Crippen molar-refractivity contribution < 1.29 is 19.0 Å². The molecule has 338 valence electrons. The number of hydrogen-bond donors (Lipinski definition) is 1. The van der Waals surface area contributed by atoms with Crippen LogP contribution < -0.4 is 9.64 Å². The SMILES string of the molecule is CN(C)CCCC1(c2ccc(F)cc2)OCc2cc(C#N)ccc21.CN1CCN2c3ncccc3Cc3ccccc3C2C1.COc1ccc(C(CN(C)C)C2(O)CCCCC2)cc1. The van der Waals surface area contributed by atoms with Crippen molar-refractivity contribution in [2.75, 3.05) is 80.0 Å². The van der Waals surface area contributed by atoms with E-state index in [1.165, 1.54) is 46.6 Å². The minimum atomic E-state index is -0.562. The molecule has 0 spiro atoms. The van der Waals surface area contributed by atoms with Gasteiger partial charge >= 0.3 is 0 Å². The molecule has 0 bridgehead atoms. The van der Waals surface area contributed by atoms with Crippen molar-refractivity contribution in [2.45, 2.75) is 81.1 Å². The maximum Gasteiger partial charge on any atom is 0.132 e. The molecule has 64 heavy (non-hydrogen) atoms. The van der Waals surface area contributed by atoms with E-state index in [9.17, 15) is 9.50 Å². The maximum atomic E-state index is 13.4. The molecule has 1 aliphatic carbocycles. The Morgan fingerprint density at radius 1 is 0.891 bits per heavy atom. The van der Waals surface area contributed by atoms with Gasteiger partial charge in [-0.2, -0.15) is 5.26 Å². The van der Waals surface area contributed by atoms with Crippen molar-refractivity contribution in [3.8, 4) is 11.8 Å². The summed E-state index contributed by atoms with van der Waals surface area (Å²) in [6.07, 6.45) is 10.0. The van der Waals surface area contributed by atoms with E-state index in [-0.39, 0.29) is 11.7 Å². The molecule has 5 aromatic rings. The lowest BCUT2D eigenvalue weighted by atomic mass is 9.72. The lowest BCUT2D eigenvalue weighted by Crippen LogP contribution is -2.47.